The van der Waals surface area contributed by atoms with Gasteiger partial charge in [0.2, 0.25) is 0 Å². The van der Waals surface area contributed by atoms with Gasteiger partial charge >= 0.3 is 6.18 Å². The third-order valence-corrected chi connectivity index (χ3v) is 3.04. The highest BCUT2D eigenvalue weighted by atomic mass is 35.5. The van der Waals surface area contributed by atoms with Crippen LogP contribution in [-0.2, 0) is 0 Å². The molecular formula is C15H15ClF3NO2. The minimum atomic E-state index is -4.51. The third kappa shape index (κ3) is 4.80. The molecule has 0 saturated carbocycles. The lowest BCUT2D eigenvalue weighted by Crippen LogP contribution is -2.24. The number of phenolic OH excluding ortho intramolecular Hbond substituents is 1. The van der Waals surface area contributed by atoms with Crippen molar-refractivity contribution in [2.24, 2.45) is 0 Å². The standard InChI is InChI=1S/C15H15ClF3NO2/c1-3-10(15(17,18)19)8-12(9(2)16)20-14(22)11-6-4-5-7-13(11)21/h4-8,21H,3H2,1-2H3,(H,20,22)/b10-8+,12-9-. The number of rotatable bonds is 4. The Kier molecular flexibility index (Phi) is 6.05. The first-order valence-electron chi connectivity index (χ1n) is 6.40. The molecule has 22 heavy (non-hydrogen) atoms. The van der Waals surface area contributed by atoms with Crippen LogP contribution in [0, 0.1) is 0 Å². The molecular weight excluding hydrogens is 319 g/mol. The van der Waals surface area contributed by atoms with E-state index in [9.17, 15) is 23.1 Å². The number of phenols is 1. The van der Waals surface area contributed by atoms with Crippen LogP contribution >= 0.6 is 11.6 Å². The van der Waals surface area contributed by atoms with Gasteiger partial charge in [-0.05, 0) is 31.6 Å². The fourth-order valence-corrected chi connectivity index (χ4v) is 1.74. The molecule has 2 N–H and O–H groups in total. The summed E-state index contributed by atoms with van der Waals surface area (Å²) in [6, 6.07) is 5.69. The molecule has 0 radical (unpaired) electrons. The highest BCUT2D eigenvalue weighted by molar-refractivity contribution is 6.29. The van der Waals surface area contributed by atoms with Crippen LogP contribution in [0.4, 0.5) is 13.2 Å². The summed E-state index contributed by atoms with van der Waals surface area (Å²) in [7, 11) is 0. The smallest absolute Gasteiger partial charge is 0.412 e. The van der Waals surface area contributed by atoms with E-state index in [1.807, 2.05) is 0 Å². The van der Waals surface area contributed by atoms with Crippen molar-refractivity contribution in [2.45, 2.75) is 26.4 Å². The van der Waals surface area contributed by atoms with Gasteiger partial charge in [0.25, 0.3) is 5.91 Å². The number of hydrogen-bond donors (Lipinski definition) is 2. The minimum Gasteiger partial charge on any atom is -0.507 e. The van der Waals surface area contributed by atoms with E-state index in [4.69, 9.17) is 11.6 Å². The molecule has 0 fully saturated rings. The van der Waals surface area contributed by atoms with Gasteiger partial charge in [0.1, 0.15) is 5.75 Å². The molecule has 120 valence electrons. The molecule has 0 aliphatic heterocycles. The molecule has 7 heteroatoms. The van der Waals surface area contributed by atoms with Gasteiger partial charge in [-0.25, -0.2) is 0 Å². The Hall–Kier alpha value is -1.95. The molecule has 0 saturated heterocycles. The van der Waals surface area contributed by atoms with Crippen molar-refractivity contribution in [3.63, 3.8) is 0 Å². The van der Waals surface area contributed by atoms with Crippen LogP contribution in [0.25, 0.3) is 0 Å². The number of alkyl halides is 3. The van der Waals surface area contributed by atoms with Gasteiger partial charge in [-0.1, -0.05) is 30.7 Å². The average molecular weight is 334 g/mol. The largest absolute Gasteiger partial charge is 0.507 e. The summed E-state index contributed by atoms with van der Waals surface area (Å²) in [4.78, 5) is 12.0. The van der Waals surface area contributed by atoms with Crippen LogP contribution in [0.5, 0.6) is 5.75 Å². The molecule has 1 aromatic rings. The topological polar surface area (TPSA) is 49.3 Å². The predicted molar refractivity (Wildman–Crippen MR) is 78.6 cm³/mol. The maximum atomic E-state index is 12.8. The number of carbonyl (C=O) groups is 1. The zero-order valence-corrected chi connectivity index (χ0v) is 12.7. The van der Waals surface area contributed by atoms with Crippen molar-refractivity contribution in [1.29, 1.82) is 0 Å². The SMILES string of the molecule is CC/C(=C\C(NC(=O)c1ccccc1O)=C(/C)Cl)C(F)(F)F. The molecule has 0 atom stereocenters. The number of hydrogen-bond acceptors (Lipinski definition) is 2. The number of nitrogens with one attached hydrogen (secondary N) is 1. The number of halogens is 4. The van der Waals surface area contributed by atoms with E-state index in [1.165, 1.54) is 38.1 Å². The lowest BCUT2D eigenvalue weighted by atomic mass is 10.1. The second-order valence-electron chi connectivity index (χ2n) is 4.44. The van der Waals surface area contributed by atoms with Crippen molar-refractivity contribution in [3.8, 4) is 5.75 Å². The summed E-state index contributed by atoms with van der Waals surface area (Å²) in [5, 5.41) is 11.9. The number of amides is 1. The second-order valence-corrected chi connectivity index (χ2v) is 5.01. The molecule has 0 bridgehead atoms. The van der Waals surface area contributed by atoms with Gasteiger partial charge < -0.3 is 10.4 Å². The summed E-state index contributed by atoms with van der Waals surface area (Å²) < 4.78 is 38.3. The van der Waals surface area contributed by atoms with Crippen LogP contribution in [-0.4, -0.2) is 17.2 Å². The first-order valence-corrected chi connectivity index (χ1v) is 6.78. The molecule has 1 aromatic carbocycles. The molecule has 1 rings (SSSR count). The Morgan fingerprint density at radius 3 is 2.41 bits per heavy atom. The van der Waals surface area contributed by atoms with Gasteiger partial charge in [-0.15, -0.1) is 0 Å². The Balaban J connectivity index is 3.11. The zero-order chi connectivity index (χ0) is 16.9. The summed E-state index contributed by atoms with van der Waals surface area (Å²) >= 11 is 5.76. The highest BCUT2D eigenvalue weighted by Crippen LogP contribution is 2.29. The maximum absolute atomic E-state index is 12.8. The fraction of sp³-hybridized carbons (Fsp3) is 0.267. The lowest BCUT2D eigenvalue weighted by Gasteiger charge is -2.13. The number of benzene rings is 1. The Morgan fingerprint density at radius 1 is 1.36 bits per heavy atom. The van der Waals surface area contributed by atoms with Crippen molar-refractivity contribution in [2.75, 3.05) is 0 Å². The normalized spacial score (nSPS) is 13.6. The van der Waals surface area contributed by atoms with Gasteiger partial charge in [-0.2, -0.15) is 13.2 Å². The molecule has 0 spiro atoms. The molecule has 1 amide bonds. The van der Waals surface area contributed by atoms with Crippen LogP contribution < -0.4 is 5.32 Å². The van der Waals surface area contributed by atoms with Crippen LogP contribution in [0.1, 0.15) is 30.6 Å². The van der Waals surface area contributed by atoms with Crippen molar-refractivity contribution in [3.05, 3.63) is 52.2 Å². The van der Waals surface area contributed by atoms with Crippen LogP contribution in [0.3, 0.4) is 0 Å². The van der Waals surface area contributed by atoms with Gasteiger partial charge in [0.15, 0.2) is 0 Å². The molecule has 0 heterocycles. The quantitative estimate of drug-likeness (QED) is 0.797. The Labute approximate surface area is 131 Å². The minimum absolute atomic E-state index is 0.000953. The zero-order valence-electron chi connectivity index (χ0n) is 12.0. The van der Waals surface area contributed by atoms with Crippen LogP contribution in [0.15, 0.2) is 46.6 Å². The van der Waals surface area contributed by atoms with E-state index in [-0.39, 0.29) is 28.5 Å². The van der Waals surface area contributed by atoms with Gasteiger partial charge in [0.05, 0.1) is 11.3 Å². The Morgan fingerprint density at radius 2 is 1.95 bits per heavy atom. The number of aromatic hydroxyl groups is 1. The summed E-state index contributed by atoms with van der Waals surface area (Å²) in [5.74, 6) is -1.02. The summed E-state index contributed by atoms with van der Waals surface area (Å²) in [6.07, 6.45) is -3.98. The highest BCUT2D eigenvalue weighted by Gasteiger charge is 2.32. The predicted octanol–water partition coefficient (Wildman–Crippen LogP) is 4.49. The van der Waals surface area contributed by atoms with E-state index >= 15 is 0 Å². The van der Waals surface area contributed by atoms with Crippen molar-refractivity contribution in [1.82, 2.24) is 5.32 Å². The average Bonchev–Trinajstić information content (AvgIpc) is 2.41. The van der Waals surface area contributed by atoms with Gasteiger partial charge in [-0.3, -0.25) is 4.79 Å². The number of allylic oxidation sites excluding steroid dienone is 3. The van der Waals surface area contributed by atoms with Crippen molar-refractivity contribution >= 4 is 17.5 Å². The van der Waals surface area contributed by atoms with E-state index in [1.54, 1.807) is 0 Å². The molecule has 0 aliphatic rings. The molecule has 0 aliphatic carbocycles. The summed E-state index contributed by atoms with van der Waals surface area (Å²) in [5.41, 5.74) is -1.04. The lowest BCUT2D eigenvalue weighted by molar-refractivity contribution is -0.0936. The number of carbonyl (C=O) groups excluding carboxylic acids is 1. The molecule has 3 nitrogen and oxygen atoms in total. The molecule has 0 aromatic heterocycles. The second kappa shape index (κ2) is 7.35. The monoisotopic (exact) mass is 333 g/mol. The Bertz CT molecular complexity index is 617. The maximum Gasteiger partial charge on any atom is 0.412 e. The van der Waals surface area contributed by atoms with E-state index < -0.39 is 17.7 Å². The first kappa shape index (κ1) is 18.1. The van der Waals surface area contributed by atoms with E-state index in [0.29, 0.717) is 0 Å². The molecule has 0 unspecified atom stereocenters. The van der Waals surface area contributed by atoms with Gasteiger partial charge in [0, 0.05) is 10.6 Å². The first-order chi connectivity index (χ1) is 10.2. The van der Waals surface area contributed by atoms with Crippen molar-refractivity contribution < 1.29 is 23.1 Å². The van der Waals surface area contributed by atoms with E-state index in [0.717, 1.165) is 6.08 Å². The summed E-state index contributed by atoms with van der Waals surface area (Å²) in [6.45, 7) is 2.72. The number of para-hydroxylation sites is 1. The van der Waals surface area contributed by atoms with Crippen LogP contribution in [0.2, 0.25) is 0 Å². The third-order valence-electron chi connectivity index (χ3n) is 2.83. The van der Waals surface area contributed by atoms with E-state index in [2.05, 4.69) is 5.32 Å². The fourth-order valence-electron chi connectivity index (χ4n) is 1.64.